The van der Waals surface area contributed by atoms with Gasteiger partial charge in [0, 0.05) is 27.2 Å². The molecule has 0 aliphatic rings. The fourth-order valence-electron chi connectivity index (χ4n) is 1.17. The van der Waals surface area contributed by atoms with Crippen LogP contribution >= 0.6 is 11.3 Å². The van der Waals surface area contributed by atoms with Crippen molar-refractivity contribution in [3.05, 3.63) is 4.88 Å². The van der Waals surface area contributed by atoms with Crippen LogP contribution in [0.3, 0.4) is 0 Å². The predicted molar refractivity (Wildman–Crippen MR) is 76.0 cm³/mol. The summed E-state index contributed by atoms with van der Waals surface area (Å²) in [7, 11) is 0.359. The van der Waals surface area contributed by atoms with Crippen LogP contribution < -0.4 is 20.7 Å². The number of hydrogen-bond acceptors (Lipinski definition) is 7. The topological polar surface area (TPSA) is 117 Å². The zero-order valence-corrected chi connectivity index (χ0v) is 12.6. The molecule has 10 heteroatoms. The number of amides is 1. The molecule has 1 amide bonds. The first-order valence-electron chi connectivity index (χ1n) is 5.37. The van der Waals surface area contributed by atoms with Gasteiger partial charge in [0.1, 0.15) is 10.7 Å². The predicted octanol–water partition coefficient (Wildman–Crippen LogP) is -0.930. The highest BCUT2D eigenvalue weighted by atomic mass is 32.2. The van der Waals surface area contributed by atoms with Crippen LogP contribution in [0.2, 0.25) is 0 Å². The molecule has 0 aliphatic carbocycles. The van der Waals surface area contributed by atoms with Crippen LogP contribution in [0.5, 0.6) is 0 Å². The summed E-state index contributed by atoms with van der Waals surface area (Å²) >= 11 is 1.18. The Balaban J connectivity index is 2.54. The summed E-state index contributed by atoms with van der Waals surface area (Å²) in [4.78, 5) is 17.9. The maximum absolute atomic E-state index is 11.8. The van der Waals surface area contributed by atoms with Crippen LogP contribution in [0.15, 0.2) is 0 Å². The number of aromatic nitrogens is 1. The lowest BCUT2D eigenvalue weighted by atomic mass is 10.4. The Hall–Kier alpha value is -1.39. The number of nitrogen functional groups attached to an aromatic ring is 1. The molecule has 0 spiro atoms. The van der Waals surface area contributed by atoms with Gasteiger partial charge in [-0.05, 0) is 0 Å². The van der Waals surface area contributed by atoms with Gasteiger partial charge in [0.2, 0.25) is 10.0 Å². The molecule has 0 saturated carbocycles. The summed E-state index contributed by atoms with van der Waals surface area (Å²) in [6, 6.07) is 0. The third-order valence-corrected chi connectivity index (χ3v) is 3.97. The van der Waals surface area contributed by atoms with E-state index in [1.165, 1.54) is 11.3 Å². The van der Waals surface area contributed by atoms with E-state index in [0.717, 1.165) is 6.26 Å². The average Bonchev–Trinajstić information content (AvgIpc) is 2.65. The molecule has 19 heavy (non-hydrogen) atoms. The molecule has 1 rings (SSSR count). The highest BCUT2D eigenvalue weighted by Crippen LogP contribution is 2.26. The fraction of sp³-hybridized carbons (Fsp3) is 0.556. The van der Waals surface area contributed by atoms with Crippen molar-refractivity contribution in [3.8, 4) is 0 Å². The summed E-state index contributed by atoms with van der Waals surface area (Å²) < 4.78 is 23.9. The van der Waals surface area contributed by atoms with E-state index in [1.807, 2.05) is 0 Å². The second-order valence-corrected chi connectivity index (χ2v) is 6.84. The van der Waals surface area contributed by atoms with Crippen LogP contribution in [0, 0.1) is 0 Å². The molecular weight excluding hydrogens is 290 g/mol. The first-order chi connectivity index (χ1) is 8.70. The molecule has 4 N–H and O–H groups in total. The van der Waals surface area contributed by atoms with Crippen molar-refractivity contribution in [2.75, 3.05) is 44.1 Å². The molecule has 0 saturated heterocycles. The molecule has 0 radical (unpaired) electrons. The Kier molecular flexibility index (Phi) is 5.09. The number of hydrogen-bond donors (Lipinski definition) is 3. The van der Waals surface area contributed by atoms with E-state index >= 15 is 0 Å². The standard InChI is InChI=1S/C9H17N5O3S2/c1-14(2)9-13-7(10)6(18-9)8(15)11-4-5-12-19(3,16)17/h12H,4-5,10H2,1-3H3,(H,11,15). The van der Waals surface area contributed by atoms with Crippen molar-refractivity contribution in [3.63, 3.8) is 0 Å². The molecule has 108 valence electrons. The number of sulfonamides is 1. The van der Waals surface area contributed by atoms with Crippen LogP contribution in [0.25, 0.3) is 0 Å². The Morgan fingerprint density at radius 3 is 2.53 bits per heavy atom. The number of nitrogens with zero attached hydrogens (tertiary/aromatic N) is 2. The molecule has 0 aliphatic heterocycles. The monoisotopic (exact) mass is 307 g/mol. The molecule has 1 heterocycles. The van der Waals surface area contributed by atoms with E-state index in [0.29, 0.717) is 10.0 Å². The van der Waals surface area contributed by atoms with Crippen LogP contribution in [0.4, 0.5) is 10.9 Å². The third-order valence-electron chi connectivity index (χ3n) is 2.01. The van der Waals surface area contributed by atoms with E-state index in [4.69, 9.17) is 5.73 Å². The minimum absolute atomic E-state index is 0.129. The summed E-state index contributed by atoms with van der Waals surface area (Å²) in [5, 5.41) is 3.21. The van der Waals surface area contributed by atoms with E-state index in [9.17, 15) is 13.2 Å². The van der Waals surface area contributed by atoms with Gasteiger partial charge in [-0.25, -0.2) is 18.1 Å². The largest absolute Gasteiger partial charge is 0.382 e. The first kappa shape index (κ1) is 15.7. The molecular formula is C9H17N5O3S2. The zero-order valence-electron chi connectivity index (χ0n) is 10.9. The molecule has 0 unspecified atom stereocenters. The Morgan fingerprint density at radius 2 is 2.05 bits per heavy atom. The lowest BCUT2D eigenvalue weighted by Crippen LogP contribution is -2.34. The quantitative estimate of drug-likeness (QED) is 0.585. The number of nitrogens with two attached hydrogens (primary N) is 1. The molecule has 0 aromatic carbocycles. The fourth-order valence-corrected chi connectivity index (χ4v) is 2.46. The lowest BCUT2D eigenvalue weighted by Gasteiger charge is -2.05. The summed E-state index contributed by atoms with van der Waals surface area (Å²) in [5.74, 6) is -0.194. The highest BCUT2D eigenvalue weighted by Gasteiger charge is 2.16. The van der Waals surface area contributed by atoms with E-state index < -0.39 is 10.0 Å². The summed E-state index contributed by atoms with van der Waals surface area (Å²) in [6.45, 7) is 0.310. The Bertz CT molecular complexity index is 552. The average molecular weight is 307 g/mol. The number of thiazole rings is 1. The maximum atomic E-state index is 11.8. The molecule has 0 fully saturated rings. The van der Waals surface area contributed by atoms with E-state index in [1.54, 1.807) is 19.0 Å². The van der Waals surface area contributed by atoms with Gasteiger partial charge >= 0.3 is 0 Å². The van der Waals surface area contributed by atoms with Crippen molar-refractivity contribution in [2.45, 2.75) is 0 Å². The normalized spacial score (nSPS) is 11.3. The molecule has 1 aromatic heterocycles. The summed E-state index contributed by atoms with van der Waals surface area (Å²) in [5.41, 5.74) is 5.65. The van der Waals surface area contributed by atoms with Crippen molar-refractivity contribution >= 4 is 38.2 Å². The summed E-state index contributed by atoms with van der Waals surface area (Å²) in [6.07, 6.45) is 1.05. The number of carbonyl (C=O) groups excluding carboxylic acids is 1. The minimum Gasteiger partial charge on any atom is -0.382 e. The number of anilines is 2. The smallest absolute Gasteiger partial charge is 0.265 e. The number of carbonyl (C=O) groups is 1. The Morgan fingerprint density at radius 1 is 1.42 bits per heavy atom. The van der Waals surface area contributed by atoms with Crippen molar-refractivity contribution in [1.82, 2.24) is 15.0 Å². The van der Waals surface area contributed by atoms with E-state index in [2.05, 4.69) is 15.0 Å². The van der Waals surface area contributed by atoms with Gasteiger partial charge in [0.05, 0.1) is 6.26 Å². The van der Waals surface area contributed by atoms with Crippen LogP contribution in [-0.4, -0.2) is 52.7 Å². The molecule has 8 nitrogen and oxygen atoms in total. The Labute approximate surface area is 116 Å². The van der Waals surface area contributed by atoms with Gasteiger partial charge < -0.3 is 16.0 Å². The van der Waals surface area contributed by atoms with Gasteiger partial charge in [-0.2, -0.15) is 0 Å². The van der Waals surface area contributed by atoms with Crippen molar-refractivity contribution in [1.29, 1.82) is 0 Å². The molecule has 1 aromatic rings. The van der Waals surface area contributed by atoms with Crippen LogP contribution in [-0.2, 0) is 10.0 Å². The second-order valence-electron chi connectivity index (χ2n) is 4.03. The van der Waals surface area contributed by atoms with E-state index in [-0.39, 0.29) is 24.8 Å². The number of rotatable bonds is 6. The lowest BCUT2D eigenvalue weighted by molar-refractivity contribution is 0.0959. The zero-order chi connectivity index (χ0) is 14.6. The highest BCUT2D eigenvalue weighted by molar-refractivity contribution is 7.88. The molecule has 0 bridgehead atoms. The van der Waals surface area contributed by atoms with Crippen LogP contribution in [0.1, 0.15) is 9.67 Å². The SMILES string of the molecule is CN(C)c1nc(N)c(C(=O)NCCNS(C)(=O)=O)s1. The first-order valence-corrected chi connectivity index (χ1v) is 8.08. The van der Waals surface area contributed by atoms with Gasteiger partial charge in [-0.3, -0.25) is 4.79 Å². The van der Waals surface area contributed by atoms with Gasteiger partial charge in [-0.1, -0.05) is 11.3 Å². The van der Waals surface area contributed by atoms with Gasteiger partial charge in [-0.15, -0.1) is 0 Å². The van der Waals surface area contributed by atoms with Gasteiger partial charge in [0.15, 0.2) is 5.13 Å². The van der Waals surface area contributed by atoms with Gasteiger partial charge in [0.25, 0.3) is 5.91 Å². The number of nitrogens with one attached hydrogen (secondary N) is 2. The second kappa shape index (κ2) is 6.17. The third kappa shape index (κ3) is 5.01. The minimum atomic E-state index is -3.24. The molecule has 0 atom stereocenters. The maximum Gasteiger partial charge on any atom is 0.265 e. The van der Waals surface area contributed by atoms with Crippen molar-refractivity contribution in [2.24, 2.45) is 0 Å². The van der Waals surface area contributed by atoms with Crippen molar-refractivity contribution < 1.29 is 13.2 Å².